The van der Waals surface area contributed by atoms with Crippen LogP contribution in [0.2, 0.25) is 0 Å². The number of Topliss-reactive ketones (excluding diaryl/α,β-unsaturated/α-hetero) is 1. The minimum atomic E-state index is -5.74. The van der Waals surface area contributed by atoms with Gasteiger partial charge in [-0.1, -0.05) is 13.0 Å². The number of fused-ring (bicyclic) bond motifs is 1. The first-order valence-electron chi connectivity index (χ1n) is 7.65. The Morgan fingerprint density at radius 2 is 1.72 bits per heavy atom. The minimum Gasteiger partial charge on any atom is -0.309 e. The molecule has 0 bridgehead atoms. The number of aryl methyl sites for hydroxylation is 1. The van der Waals surface area contributed by atoms with Gasteiger partial charge in [0.2, 0.25) is 0 Å². The monoisotopic (exact) mass is 367 g/mol. The summed E-state index contributed by atoms with van der Waals surface area (Å²) >= 11 is 0. The lowest BCUT2D eigenvalue weighted by Crippen LogP contribution is -2.59. The fourth-order valence-corrected chi connectivity index (χ4v) is 3.53. The highest BCUT2D eigenvalue weighted by Crippen LogP contribution is 2.67. The molecule has 0 spiro atoms. The average Bonchev–Trinajstić information content (AvgIpc) is 2.43. The van der Waals surface area contributed by atoms with Gasteiger partial charge in [0.25, 0.3) is 5.67 Å². The zero-order valence-corrected chi connectivity index (χ0v) is 14.5. The topological polar surface area (TPSA) is 20.3 Å². The van der Waals surface area contributed by atoms with Gasteiger partial charge < -0.3 is 4.90 Å². The molecule has 0 N–H and O–H groups in total. The summed E-state index contributed by atoms with van der Waals surface area (Å²) in [5.74, 6) is -5.72. The van der Waals surface area contributed by atoms with Crippen LogP contribution >= 0.6 is 0 Å². The van der Waals surface area contributed by atoms with Gasteiger partial charge in [-0.15, -0.1) is 0 Å². The van der Waals surface area contributed by atoms with E-state index in [2.05, 4.69) is 0 Å². The Morgan fingerprint density at radius 1 is 1.20 bits per heavy atom. The summed E-state index contributed by atoms with van der Waals surface area (Å²) in [6.45, 7) is 4.43. The van der Waals surface area contributed by atoms with Crippen LogP contribution in [0, 0.1) is 19.8 Å². The first-order chi connectivity index (χ1) is 11.2. The molecule has 8 heteroatoms. The van der Waals surface area contributed by atoms with Crippen molar-refractivity contribution in [2.45, 2.75) is 38.5 Å². The van der Waals surface area contributed by atoms with Crippen molar-refractivity contribution in [1.82, 2.24) is 4.90 Å². The van der Waals surface area contributed by atoms with Crippen molar-refractivity contribution >= 4 is 5.78 Å². The highest BCUT2D eigenvalue weighted by atomic mass is 19.4. The van der Waals surface area contributed by atoms with Gasteiger partial charge in [-0.25, -0.2) is 4.39 Å². The Morgan fingerprint density at radius 3 is 2.16 bits per heavy atom. The molecule has 2 rings (SSSR count). The van der Waals surface area contributed by atoms with Crippen LogP contribution in [-0.4, -0.2) is 37.5 Å². The molecule has 0 aliphatic heterocycles. The Hall–Kier alpha value is -1.57. The molecule has 25 heavy (non-hydrogen) atoms. The van der Waals surface area contributed by atoms with Gasteiger partial charge in [-0.3, -0.25) is 4.79 Å². The van der Waals surface area contributed by atoms with Crippen molar-refractivity contribution in [3.8, 4) is 0 Å². The molecule has 0 saturated heterocycles. The van der Waals surface area contributed by atoms with E-state index in [0.717, 1.165) is 13.0 Å². The second-order valence-electron chi connectivity index (χ2n) is 6.87. The van der Waals surface area contributed by atoms with Crippen molar-refractivity contribution in [3.63, 3.8) is 0 Å². The van der Waals surface area contributed by atoms with Crippen molar-refractivity contribution in [1.29, 1.82) is 0 Å². The molecule has 1 aromatic carbocycles. The molecule has 0 saturated carbocycles. The van der Waals surface area contributed by atoms with Crippen LogP contribution < -0.4 is 0 Å². The van der Waals surface area contributed by atoms with Gasteiger partial charge in [0.05, 0.1) is 0 Å². The summed E-state index contributed by atoms with van der Waals surface area (Å²) in [5, 5.41) is 0. The van der Waals surface area contributed by atoms with Crippen LogP contribution in [0.5, 0.6) is 0 Å². The Bertz CT molecular complexity index is 725. The number of carbonyl (C=O) groups is 1. The number of hydrogen-bond acceptors (Lipinski definition) is 2. The molecule has 2 atom stereocenters. The van der Waals surface area contributed by atoms with Crippen LogP contribution in [0.25, 0.3) is 0 Å². The molecule has 1 aliphatic carbocycles. The summed E-state index contributed by atoms with van der Waals surface area (Å²) in [7, 11) is 3.46. The van der Waals surface area contributed by atoms with E-state index in [1.807, 2.05) is 0 Å². The third kappa shape index (κ3) is 2.56. The number of nitrogens with zero attached hydrogens (tertiary/aromatic N) is 1. The van der Waals surface area contributed by atoms with Crippen molar-refractivity contribution in [2.75, 3.05) is 20.6 Å². The summed E-state index contributed by atoms with van der Waals surface area (Å²) in [5.41, 5.74) is -7.13. The smallest absolute Gasteiger partial charge is 0.309 e. The number of hydrogen-bond donors (Lipinski definition) is 0. The number of halogens is 6. The minimum absolute atomic E-state index is 0.0583. The van der Waals surface area contributed by atoms with E-state index in [1.165, 1.54) is 6.92 Å². The molecule has 1 aromatic rings. The van der Waals surface area contributed by atoms with E-state index in [4.69, 9.17) is 0 Å². The average molecular weight is 367 g/mol. The Kier molecular flexibility index (Phi) is 4.52. The van der Waals surface area contributed by atoms with Gasteiger partial charge in [0, 0.05) is 29.2 Å². The van der Waals surface area contributed by atoms with Crippen molar-refractivity contribution in [3.05, 3.63) is 33.9 Å². The highest BCUT2D eigenvalue weighted by molar-refractivity contribution is 6.01. The molecule has 2 nitrogen and oxygen atoms in total. The van der Waals surface area contributed by atoms with Gasteiger partial charge in [0.15, 0.2) is 5.78 Å². The number of alkyl halides is 6. The van der Waals surface area contributed by atoms with Crippen LogP contribution in [-0.2, 0) is 11.6 Å². The Labute approximate surface area is 141 Å². The van der Waals surface area contributed by atoms with Crippen molar-refractivity contribution in [2.24, 2.45) is 5.92 Å². The second-order valence-corrected chi connectivity index (χ2v) is 6.87. The molecule has 0 aromatic heterocycles. The number of rotatable bonds is 4. The lowest BCUT2D eigenvalue weighted by Gasteiger charge is -2.46. The first-order valence-corrected chi connectivity index (χ1v) is 7.65. The van der Waals surface area contributed by atoms with Gasteiger partial charge in [-0.05, 0) is 39.1 Å². The van der Waals surface area contributed by atoms with Crippen LogP contribution in [0.1, 0.15) is 39.5 Å². The zero-order valence-electron chi connectivity index (χ0n) is 14.5. The normalized spacial score (nSPS) is 23.2. The van der Waals surface area contributed by atoms with Gasteiger partial charge in [0.1, 0.15) is 0 Å². The van der Waals surface area contributed by atoms with E-state index in [0.29, 0.717) is 6.54 Å². The van der Waals surface area contributed by atoms with Gasteiger partial charge >= 0.3 is 12.1 Å². The number of ketones is 1. The fourth-order valence-electron chi connectivity index (χ4n) is 3.53. The second kappa shape index (κ2) is 5.72. The van der Waals surface area contributed by atoms with Gasteiger partial charge in [-0.2, -0.15) is 22.0 Å². The molecule has 2 unspecified atom stereocenters. The maximum Gasteiger partial charge on any atom is 0.433 e. The standard InChI is InChI=1S/C17H19F6NO/c1-8-6-11-13(16(19,20)15(11,18)17(21,22)23)10(3)12(8)14(25)9(2)7-24(4)5/h6,9H,7H2,1-5H3. The Balaban J connectivity index is 2.62. The summed E-state index contributed by atoms with van der Waals surface area (Å²) in [6.07, 6.45) is -5.74. The molecule has 0 amide bonds. The van der Waals surface area contributed by atoms with Crippen LogP contribution in [0.3, 0.4) is 0 Å². The van der Waals surface area contributed by atoms with E-state index in [9.17, 15) is 31.1 Å². The zero-order chi connectivity index (χ0) is 19.5. The summed E-state index contributed by atoms with van der Waals surface area (Å²) in [6, 6.07) is 0.725. The molecule has 1 aliphatic rings. The summed E-state index contributed by atoms with van der Waals surface area (Å²) < 4.78 is 81.2. The first kappa shape index (κ1) is 19.8. The quantitative estimate of drug-likeness (QED) is 0.576. The third-order valence-corrected chi connectivity index (χ3v) is 4.62. The predicted molar refractivity (Wildman–Crippen MR) is 80.7 cm³/mol. The van der Waals surface area contributed by atoms with E-state index >= 15 is 0 Å². The molecule has 0 fully saturated rings. The molecule has 140 valence electrons. The maximum absolute atomic E-state index is 14.2. The lowest BCUT2D eigenvalue weighted by molar-refractivity contribution is -0.333. The van der Waals surface area contributed by atoms with E-state index in [1.54, 1.807) is 25.9 Å². The molecular formula is C17H19F6NO. The van der Waals surface area contributed by atoms with Crippen LogP contribution in [0.4, 0.5) is 26.3 Å². The third-order valence-electron chi connectivity index (χ3n) is 4.62. The largest absolute Gasteiger partial charge is 0.433 e. The predicted octanol–water partition coefficient (Wildman–Crippen LogP) is 4.52. The fraction of sp³-hybridized carbons (Fsp3) is 0.588. The molecule has 0 radical (unpaired) electrons. The summed E-state index contributed by atoms with van der Waals surface area (Å²) in [4.78, 5) is 14.3. The highest BCUT2D eigenvalue weighted by Gasteiger charge is 2.80. The molecule has 0 heterocycles. The maximum atomic E-state index is 14.2. The lowest BCUT2D eigenvalue weighted by atomic mass is 9.66. The SMILES string of the molecule is Cc1cc2c(c(C)c1C(=O)C(C)CN(C)C)C(F)(F)C2(F)C(F)(F)F. The number of carbonyl (C=O) groups excluding carboxylic acids is 1. The van der Waals surface area contributed by atoms with E-state index in [-0.39, 0.29) is 16.7 Å². The molecular weight excluding hydrogens is 348 g/mol. The van der Waals surface area contributed by atoms with Crippen molar-refractivity contribution < 1.29 is 31.1 Å². The van der Waals surface area contributed by atoms with Crippen LogP contribution in [0.15, 0.2) is 6.07 Å². The number of benzene rings is 1. The van der Waals surface area contributed by atoms with E-state index < -0.39 is 40.6 Å².